The first kappa shape index (κ1) is 16.2. The van der Waals surface area contributed by atoms with E-state index in [0.717, 1.165) is 25.9 Å². The van der Waals surface area contributed by atoms with Gasteiger partial charge in [-0.25, -0.2) is 18.7 Å². The molecular weight excluding hydrogens is 344 g/mol. The highest BCUT2D eigenvalue weighted by Gasteiger charge is 2.22. The Morgan fingerprint density at radius 1 is 1.00 bits per heavy atom. The molecule has 1 fully saturated rings. The van der Waals surface area contributed by atoms with Crippen LogP contribution in [0, 0.1) is 11.6 Å². The van der Waals surface area contributed by atoms with Crippen molar-refractivity contribution in [1.82, 2.24) is 9.97 Å². The third-order valence-electron chi connectivity index (χ3n) is 4.60. The smallest absolute Gasteiger partial charge is 0.159 e. The molecule has 0 radical (unpaired) electrons. The topological polar surface area (TPSA) is 29.0 Å². The van der Waals surface area contributed by atoms with E-state index in [0.29, 0.717) is 11.2 Å². The van der Waals surface area contributed by atoms with Crippen molar-refractivity contribution in [3.05, 3.63) is 53.3 Å². The van der Waals surface area contributed by atoms with Crippen molar-refractivity contribution in [3.63, 3.8) is 0 Å². The monoisotopic (exact) mass is 359 g/mol. The maximum absolute atomic E-state index is 15.2. The van der Waals surface area contributed by atoms with E-state index >= 15 is 4.39 Å². The molecule has 2 aromatic carbocycles. The van der Waals surface area contributed by atoms with Crippen LogP contribution in [-0.4, -0.2) is 23.1 Å². The van der Waals surface area contributed by atoms with Crippen LogP contribution in [0.1, 0.15) is 19.3 Å². The van der Waals surface area contributed by atoms with Gasteiger partial charge in [0.05, 0.1) is 5.02 Å². The Kier molecular flexibility index (Phi) is 4.25. The summed E-state index contributed by atoms with van der Waals surface area (Å²) in [4.78, 5) is 10.6. The Morgan fingerprint density at radius 3 is 2.52 bits per heavy atom. The van der Waals surface area contributed by atoms with Gasteiger partial charge in [-0.15, -0.1) is 0 Å². The van der Waals surface area contributed by atoms with Crippen molar-refractivity contribution in [2.75, 3.05) is 18.0 Å². The lowest BCUT2D eigenvalue weighted by Crippen LogP contribution is -2.30. The molecule has 0 spiro atoms. The number of rotatable bonds is 2. The number of nitrogens with zero attached hydrogens (tertiary/aromatic N) is 3. The van der Waals surface area contributed by atoms with Gasteiger partial charge in [0.2, 0.25) is 0 Å². The molecule has 25 heavy (non-hydrogen) atoms. The molecule has 1 aliphatic heterocycles. The zero-order valence-electron chi connectivity index (χ0n) is 13.5. The van der Waals surface area contributed by atoms with Crippen molar-refractivity contribution in [2.45, 2.75) is 19.3 Å². The van der Waals surface area contributed by atoms with Gasteiger partial charge < -0.3 is 4.90 Å². The number of fused-ring (bicyclic) bond motifs is 1. The fraction of sp³-hybridized carbons (Fsp3) is 0.263. The molecule has 1 aromatic heterocycles. The SMILES string of the molecule is Fc1ccccc1-c1c(Cl)cc2c(N3CCCCC3)ncnc2c1F. The molecular formula is C19H16ClF2N3. The van der Waals surface area contributed by atoms with E-state index < -0.39 is 11.6 Å². The zero-order chi connectivity index (χ0) is 17.4. The molecule has 3 aromatic rings. The van der Waals surface area contributed by atoms with E-state index in [2.05, 4.69) is 14.9 Å². The minimum absolute atomic E-state index is 0.0376. The summed E-state index contributed by atoms with van der Waals surface area (Å²) in [5, 5.41) is 0.718. The third kappa shape index (κ3) is 2.82. The van der Waals surface area contributed by atoms with Crippen LogP contribution < -0.4 is 4.90 Å². The second-order valence-electron chi connectivity index (χ2n) is 6.17. The lowest BCUT2D eigenvalue weighted by Gasteiger charge is -2.28. The average molecular weight is 360 g/mol. The number of hydrogen-bond acceptors (Lipinski definition) is 3. The standard InChI is InChI=1S/C19H16ClF2N3/c20-14-10-13-18(17(22)16(14)12-6-2-3-7-15(12)21)23-11-24-19(13)25-8-4-1-5-9-25/h2-3,6-7,10-11H,1,4-5,8-9H2. The fourth-order valence-corrected chi connectivity index (χ4v) is 3.68. The van der Waals surface area contributed by atoms with Gasteiger partial charge in [-0.2, -0.15) is 0 Å². The summed E-state index contributed by atoms with van der Waals surface area (Å²) in [6.07, 6.45) is 4.70. The summed E-state index contributed by atoms with van der Waals surface area (Å²) in [6.45, 7) is 1.75. The van der Waals surface area contributed by atoms with Gasteiger partial charge in [0.25, 0.3) is 0 Å². The molecule has 0 amide bonds. The molecule has 2 heterocycles. The Hall–Kier alpha value is -2.27. The Morgan fingerprint density at radius 2 is 1.76 bits per heavy atom. The molecule has 4 rings (SSSR count). The molecule has 3 nitrogen and oxygen atoms in total. The molecule has 0 saturated carbocycles. The number of piperidine rings is 1. The summed E-state index contributed by atoms with van der Waals surface area (Å²) in [5.41, 5.74) is 0.332. The Balaban J connectivity index is 1.93. The molecule has 0 aliphatic carbocycles. The van der Waals surface area contributed by atoms with Crippen molar-refractivity contribution in [3.8, 4) is 11.1 Å². The highest BCUT2D eigenvalue weighted by Crippen LogP contribution is 2.38. The van der Waals surface area contributed by atoms with Crippen LogP contribution >= 0.6 is 11.6 Å². The lowest BCUT2D eigenvalue weighted by atomic mass is 10.0. The molecule has 0 bridgehead atoms. The van der Waals surface area contributed by atoms with Gasteiger partial charge in [-0.05, 0) is 31.4 Å². The van der Waals surface area contributed by atoms with Crippen molar-refractivity contribution in [2.24, 2.45) is 0 Å². The van der Waals surface area contributed by atoms with Gasteiger partial charge in [0.1, 0.15) is 23.5 Å². The second-order valence-corrected chi connectivity index (χ2v) is 6.58. The second kappa shape index (κ2) is 6.56. The maximum atomic E-state index is 15.2. The predicted molar refractivity (Wildman–Crippen MR) is 96.0 cm³/mol. The summed E-state index contributed by atoms with van der Waals surface area (Å²) in [7, 11) is 0. The summed E-state index contributed by atoms with van der Waals surface area (Å²) >= 11 is 6.35. The summed E-state index contributed by atoms with van der Waals surface area (Å²) < 4.78 is 29.3. The van der Waals surface area contributed by atoms with Crippen LogP contribution in [0.25, 0.3) is 22.0 Å². The number of aromatic nitrogens is 2. The van der Waals surface area contributed by atoms with Crippen LogP contribution in [0.3, 0.4) is 0 Å². The highest BCUT2D eigenvalue weighted by atomic mass is 35.5. The minimum atomic E-state index is -0.617. The normalized spacial score (nSPS) is 14.9. The minimum Gasteiger partial charge on any atom is -0.356 e. The number of hydrogen-bond donors (Lipinski definition) is 0. The maximum Gasteiger partial charge on any atom is 0.159 e. The Labute approximate surface area is 149 Å². The van der Waals surface area contributed by atoms with Gasteiger partial charge in [-0.1, -0.05) is 29.8 Å². The van der Waals surface area contributed by atoms with E-state index in [1.165, 1.54) is 24.9 Å². The van der Waals surface area contributed by atoms with Gasteiger partial charge in [-0.3, -0.25) is 0 Å². The molecule has 0 N–H and O–H groups in total. The Bertz CT molecular complexity index is 939. The van der Waals surface area contributed by atoms with E-state index in [1.807, 2.05) is 0 Å². The average Bonchev–Trinajstić information content (AvgIpc) is 2.63. The quantitative estimate of drug-likeness (QED) is 0.628. The van der Waals surface area contributed by atoms with Crippen LogP contribution in [0.15, 0.2) is 36.7 Å². The van der Waals surface area contributed by atoms with Crippen LogP contribution in [-0.2, 0) is 0 Å². The molecule has 1 aliphatic rings. The first-order valence-electron chi connectivity index (χ1n) is 8.29. The van der Waals surface area contributed by atoms with E-state index in [4.69, 9.17) is 11.6 Å². The highest BCUT2D eigenvalue weighted by molar-refractivity contribution is 6.34. The fourth-order valence-electron chi connectivity index (χ4n) is 3.38. The van der Waals surface area contributed by atoms with Crippen LogP contribution in [0.4, 0.5) is 14.6 Å². The van der Waals surface area contributed by atoms with Gasteiger partial charge >= 0.3 is 0 Å². The lowest BCUT2D eigenvalue weighted by molar-refractivity contribution is 0.574. The van der Waals surface area contributed by atoms with Crippen molar-refractivity contribution >= 4 is 28.3 Å². The first-order chi connectivity index (χ1) is 12.2. The molecule has 1 saturated heterocycles. The van der Waals surface area contributed by atoms with Crippen LogP contribution in [0.2, 0.25) is 5.02 Å². The molecule has 128 valence electrons. The van der Waals surface area contributed by atoms with Crippen LogP contribution in [0.5, 0.6) is 0 Å². The van der Waals surface area contributed by atoms with Gasteiger partial charge in [0, 0.05) is 29.6 Å². The summed E-state index contributed by atoms with van der Waals surface area (Å²) in [5.74, 6) is -0.452. The van der Waals surface area contributed by atoms with E-state index in [1.54, 1.807) is 18.2 Å². The number of halogens is 3. The summed E-state index contributed by atoms with van der Waals surface area (Å²) in [6, 6.07) is 7.65. The van der Waals surface area contributed by atoms with Crippen molar-refractivity contribution in [1.29, 1.82) is 0 Å². The molecule has 0 atom stereocenters. The zero-order valence-corrected chi connectivity index (χ0v) is 14.2. The van der Waals surface area contributed by atoms with E-state index in [-0.39, 0.29) is 21.7 Å². The van der Waals surface area contributed by atoms with E-state index in [9.17, 15) is 4.39 Å². The van der Waals surface area contributed by atoms with Crippen molar-refractivity contribution < 1.29 is 8.78 Å². The third-order valence-corrected chi connectivity index (χ3v) is 4.90. The predicted octanol–water partition coefficient (Wildman–Crippen LogP) is 5.22. The van der Waals surface area contributed by atoms with Gasteiger partial charge in [0.15, 0.2) is 5.82 Å². The molecule has 0 unspecified atom stereocenters. The largest absolute Gasteiger partial charge is 0.356 e. The molecule has 6 heteroatoms. The number of benzene rings is 2. The number of anilines is 1. The first-order valence-corrected chi connectivity index (χ1v) is 8.67.